The molecule has 0 aromatic heterocycles. The first-order valence-electron chi connectivity index (χ1n) is 5.99. The summed E-state index contributed by atoms with van der Waals surface area (Å²) < 4.78 is 0.854. The molecular weight excluding hydrogens is 278 g/mol. The van der Waals surface area contributed by atoms with Gasteiger partial charge in [-0.2, -0.15) is 0 Å². The summed E-state index contributed by atoms with van der Waals surface area (Å²) in [6, 6.07) is 5.84. The Bertz CT molecular complexity index is 450. The number of rotatable bonds is 3. The van der Waals surface area contributed by atoms with Crippen molar-refractivity contribution < 1.29 is 4.79 Å². The van der Waals surface area contributed by atoms with Crippen molar-refractivity contribution in [1.82, 2.24) is 5.32 Å². The molecule has 2 rings (SSSR count). The summed E-state index contributed by atoms with van der Waals surface area (Å²) in [5, 5.41) is 3.13. The highest BCUT2D eigenvalue weighted by Crippen LogP contribution is 2.39. The molecule has 0 radical (unpaired) electrons. The number of hydrogen-bond donors (Lipinski definition) is 1. The van der Waals surface area contributed by atoms with Crippen LogP contribution >= 0.6 is 15.9 Å². The fourth-order valence-electron chi connectivity index (χ4n) is 2.08. The third kappa shape index (κ3) is 2.89. The minimum Gasteiger partial charge on any atom is -0.347 e. The number of nitrogens with one attached hydrogen (secondary N) is 1. The Morgan fingerprint density at radius 2 is 2.06 bits per heavy atom. The van der Waals surface area contributed by atoms with Crippen LogP contribution in [0.2, 0.25) is 0 Å². The smallest absolute Gasteiger partial charge is 0.252 e. The van der Waals surface area contributed by atoms with Crippen LogP contribution in [0.4, 0.5) is 0 Å². The molecule has 0 heterocycles. The van der Waals surface area contributed by atoms with E-state index in [1.807, 2.05) is 25.1 Å². The second kappa shape index (κ2) is 4.45. The van der Waals surface area contributed by atoms with Gasteiger partial charge in [0.1, 0.15) is 0 Å². The van der Waals surface area contributed by atoms with Crippen molar-refractivity contribution in [2.75, 3.05) is 0 Å². The van der Waals surface area contributed by atoms with Crippen molar-refractivity contribution in [3.63, 3.8) is 0 Å². The van der Waals surface area contributed by atoms with Gasteiger partial charge in [0.2, 0.25) is 0 Å². The summed E-state index contributed by atoms with van der Waals surface area (Å²) in [6.45, 7) is 6.20. The van der Waals surface area contributed by atoms with E-state index in [1.54, 1.807) is 0 Å². The van der Waals surface area contributed by atoms with Gasteiger partial charge in [-0.05, 0) is 67.6 Å². The molecular formula is C14H18BrNO. The number of benzene rings is 1. The Balaban J connectivity index is 2.16. The third-order valence-corrected chi connectivity index (χ3v) is 4.09. The first-order chi connectivity index (χ1) is 7.90. The van der Waals surface area contributed by atoms with Crippen LogP contribution in [-0.2, 0) is 0 Å². The van der Waals surface area contributed by atoms with Crippen LogP contribution < -0.4 is 5.32 Å². The molecule has 0 aliphatic heterocycles. The van der Waals surface area contributed by atoms with Crippen LogP contribution in [0.1, 0.15) is 42.6 Å². The second-order valence-corrected chi connectivity index (χ2v) is 6.29. The second-order valence-electron chi connectivity index (χ2n) is 5.43. The molecule has 2 nitrogen and oxygen atoms in total. The number of amides is 1. The SMILES string of the molecule is Cc1ccc(Br)c(C(=O)NC(C)(C)C2CC2)c1. The molecule has 1 amide bonds. The molecule has 1 aliphatic carbocycles. The Kier molecular flexibility index (Phi) is 3.30. The molecule has 3 heteroatoms. The highest BCUT2D eigenvalue weighted by Gasteiger charge is 2.38. The van der Waals surface area contributed by atoms with E-state index >= 15 is 0 Å². The molecule has 0 bridgehead atoms. The molecule has 1 N–H and O–H groups in total. The van der Waals surface area contributed by atoms with Crippen LogP contribution in [0.5, 0.6) is 0 Å². The van der Waals surface area contributed by atoms with Gasteiger partial charge in [0.05, 0.1) is 5.56 Å². The van der Waals surface area contributed by atoms with E-state index < -0.39 is 0 Å². The van der Waals surface area contributed by atoms with Crippen LogP contribution in [-0.4, -0.2) is 11.4 Å². The van der Waals surface area contributed by atoms with E-state index in [0.717, 1.165) is 15.6 Å². The number of hydrogen-bond acceptors (Lipinski definition) is 1. The summed E-state index contributed by atoms with van der Waals surface area (Å²) in [4.78, 5) is 12.2. The van der Waals surface area contributed by atoms with Crippen LogP contribution in [0.3, 0.4) is 0 Å². The van der Waals surface area contributed by atoms with Gasteiger partial charge in [-0.3, -0.25) is 4.79 Å². The highest BCUT2D eigenvalue weighted by molar-refractivity contribution is 9.10. The normalized spacial score (nSPS) is 15.8. The molecule has 0 unspecified atom stereocenters. The lowest BCUT2D eigenvalue weighted by Gasteiger charge is -2.26. The van der Waals surface area contributed by atoms with Gasteiger partial charge >= 0.3 is 0 Å². The Hall–Kier alpha value is -0.830. The zero-order chi connectivity index (χ0) is 12.6. The maximum atomic E-state index is 12.2. The van der Waals surface area contributed by atoms with Crippen LogP contribution in [0.15, 0.2) is 22.7 Å². The third-order valence-electron chi connectivity index (χ3n) is 3.40. The average Bonchev–Trinajstić information content (AvgIpc) is 3.04. The van der Waals surface area contributed by atoms with E-state index in [1.165, 1.54) is 12.8 Å². The molecule has 1 fully saturated rings. The summed E-state index contributed by atoms with van der Waals surface area (Å²) in [7, 11) is 0. The van der Waals surface area contributed by atoms with E-state index in [-0.39, 0.29) is 11.4 Å². The lowest BCUT2D eigenvalue weighted by molar-refractivity contribution is 0.0902. The summed E-state index contributed by atoms with van der Waals surface area (Å²) in [5.41, 5.74) is 1.72. The van der Waals surface area contributed by atoms with Crippen molar-refractivity contribution in [2.24, 2.45) is 5.92 Å². The van der Waals surface area contributed by atoms with Gasteiger partial charge in [-0.15, -0.1) is 0 Å². The number of halogens is 1. The predicted molar refractivity (Wildman–Crippen MR) is 73.1 cm³/mol. The van der Waals surface area contributed by atoms with Gasteiger partial charge in [0, 0.05) is 10.0 Å². The fraction of sp³-hybridized carbons (Fsp3) is 0.500. The fourth-order valence-corrected chi connectivity index (χ4v) is 2.51. The first kappa shape index (κ1) is 12.6. The van der Waals surface area contributed by atoms with E-state index in [9.17, 15) is 4.79 Å². The molecule has 1 aromatic carbocycles. The van der Waals surface area contributed by atoms with Gasteiger partial charge in [0.15, 0.2) is 0 Å². The minimum atomic E-state index is -0.0970. The van der Waals surface area contributed by atoms with Crippen molar-refractivity contribution in [1.29, 1.82) is 0 Å². The van der Waals surface area contributed by atoms with Crippen molar-refractivity contribution in [3.8, 4) is 0 Å². The Morgan fingerprint density at radius 1 is 1.41 bits per heavy atom. The lowest BCUT2D eigenvalue weighted by Crippen LogP contribution is -2.45. The number of aryl methyl sites for hydroxylation is 1. The number of carbonyl (C=O) groups is 1. The maximum Gasteiger partial charge on any atom is 0.252 e. The maximum absolute atomic E-state index is 12.2. The molecule has 0 saturated heterocycles. The largest absolute Gasteiger partial charge is 0.347 e. The standard InChI is InChI=1S/C14H18BrNO/c1-9-4-7-12(15)11(8-9)13(17)16-14(2,3)10-5-6-10/h4,7-8,10H,5-6H2,1-3H3,(H,16,17). The van der Waals surface area contributed by atoms with E-state index in [0.29, 0.717) is 5.92 Å². The lowest BCUT2D eigenvalue weighted by atomic mass is 9.98. The molecule has 92 valence electrons. The molecule has 0 spiro atoms. The topological polar surface area (TPSA) is 29.1 Å². The Morgan fingerprint density at radius 3 is 2.65 bits per heavy atom. The van der Waals surface area contributed by atoms with Gasteiger partial charge in [-0.25, -0.2) is 0 Å². The quantitative estimate of drug-likeness (QED) is 0.906. The summed E-state index contributed by atoms with van der Waals surface area (Å²) in [5.74, 6) is 0.646. The average molecular weight is 296 g/mol. The zero-order valence-corrected chi connectivity index (χ0v) is 12.1. The summed E-state index contributed by atoms with van der Waals surface area (Å²) in [6.07, 6.45) is 2.45. The highest BCUT2D eigenvalue weighted by atomic mass is 79.9. The summed E-state index contributed by atoms with van der Waals surface area (Å²) >= 11 is 3.43. The molecule has 1 aromatic rings. The van der Waals surface area contributed by atoms with Crippen LogP contribution in [0.25, 0.3) is 0 Å². The minimum absolute atomic E-state index is 0.0116. The monoisotopic (exact) mass is 295 g/mol. The number of carbonyl (C=O) groups excluding carboxylic acids is 1. The predicted octanol–water partition coefficient (Wildman–Crippen LogP) is 3.68. The Labute approximate surface area is 111 Å². The van der Waals surface area contributed by atoms with Crippen molar-refractivity contribution in [2.45, 2.75) is 39.2 Å². The van der Waals surface area contributed by atoms with Gasteiger partial charge in [-0.1, -0.05) is 11.6 Å². The first-order valence-corrected chi connectivity index (χ1v) is 6.78. The van der Waals surface area contributed by atoms with Gasteiger partial charge in [0.25, 0.3) is 5.91 Å². The van der Waals surface area contributed by atoms with E-state index in [2.05, 4.69) is 35.1 Å². The van der Waals surface area contributed by atoms with Crippen molar-refractivity contribution in [3.05, 3.63) is 33.8 Å². The zero-order valence-electron chi connectivity index (χ0n) is 10.5. The van der Waals surface area contributed by atoms with Crippen molar-refractivity contribution >= 4 is 21.8 Å². The van der Waals surface area contributed by atoms with Crippen LogP contribution in [0, 0.1) is 12.8 Å². The van der Waals surface area contributed by atoms with E-state index in [4.69, 9.17) is 0 Å². The molecule has 0 atom stereocenters. The molecule has 17 heavy (non-hydrogen) atoms. The van der Waals surface area contributed by atoms with Gasteiger partial charge < -0.3 is 5.32 Å². The molecule has 1 aliphatic rings. The molecule has 1 saturated carbocycles.